The van der Waals surface area contributed by atoms with E-state index < -0.39 is 0 Å². The number of rotatable bonds is 13. The van der Waals surface area contributed by atoms with Crippen molar-refractivity contribution in [2.75, 3.05) is 20.0 Å². The number of hydrogen-bond donors (Lipinski definition) is 0. The lowest BCUT2D eigenvalue weighted by molar-refractivity contribution is -0.0527. The van der Waals surface area contributed by atoms with Gasteiger partial charge in [-0.3, -0.25) is 0 Å². The van der Waals surface area contributed by atoms with Crippen molar-refractivity contribution in [2.45, 2.75) is 64.7 Å². The van der Waals surface area contributed by atoms with Crippen molar-refractivity contribution in [3.63, 3.8) is 0 Å². The molecule has 0 atom stereocenters. The van der Waals surface area contributed by atoms with Crippen LogP contribution in [0.1, 0.15) is 64.7 Å². The summed E-state index contributed by atoms with van der Waals surface area (Å²) >= 11 is 0. The van der Waals surface area contributed by atoms with Crippen molar-refractivity contribution in [3.05, 3.63) is 0 Å². The first-order valence-corrected chi connectivity index (χ1v) is 7.00. The van der Waals surface area contributed by atoms with Crippen LogP contribution in [-0.4, -0.2) is 20.0 Å². The zero-order chi connectivity index (χ0) is 12.6. The average molecular weight is 240 g/mol. The van der Waals surface area contributed by atoms with Gasteiger partial charge in [0, 0.05) is 13.0 Å². The van der Waals surface area contributed by atoms with E-state index in [1.54, 1.807) is 0 Å². The molecule has 0 fully saturated rings. The Morgan fingerprint density at radius 1 is 0.824 bits per heavy atom. The molecule has 0 bridgehead atoms. The number of hydrogen-bond acceptors (Lipinski definition) is 2. The van der Waals surface area contributed by atoms with Crippen molar-refractivity contribution < 1.29 is 9.47 Å². The number of unbranched alkanes of at least 4 members (excludes halogenated alkanes) is 7. The third-order valence-corrected chi connectivity index (χ3v) is 2.70. The largest absolute Gasteiger partial charge is 0.355 e. The molecule has 0 saturated carbocycles. The highest BCUT2D eigenvalue weighted by Crippen LogP contribution is 2.08. The minimum absolute atomic E-state index is 0.387. The van der Waals surface area contributed by atoms with Crippen LogP contribution in [0.15, 0.2) is 0 Å². The van der Waals surface area contributed by atoms with E-state index in [4.69, 9.17) is 15.9 Å². The van der Waals surface area contributed by atoms with Gasteiger partial charge in [-0.1, -0.05) is 51.9 Å². The van der Waals surface area contributed by atoms with E-state index in [0.29, 0.717) is 19.8 Å². The molecule has 0 radical (unpaired) electrons. The third kappa shape index (κ3) is 15.5. The molecule has 2 heteroatoms. The molecule has 0 aliphatic heterocycles. The molecule has 0 aliphatic rings. The molecule has 0 N–H and O–H groups in total. The zero-order valence-electron chi connectivity index (χ0n) is 11.4. The Bertz CT molecular complexity index is 172. The van der Waals surface area contributed by atoms with Crippen molar-refractivity contribution in [1.82, 2.24) is 0 Å². The number of ether oxygens (including phenoxy) is 2. The Morgan fingerprint density at radius 2 is 1.41 bits per heavy atom. The molecule has 0 rings (SSSR count). The summed E-state index contributed by atoms with van der Waals surface area (Å²) < 4.78 is 10.5. The lowest BCUT2D eigenvalue weighted by Crippen LogP contribution is -2.02. The molecule has 100 valence electrons. The summed E-state index contributed by atoms with van der Waals surface area (Å²) in [4.78, 5) is 0. The second kappa shape index (κ2) is 15.5. The molecular formula is C15H28O2. The van der Waals surface area contributed by atoms with E-state index in [1.807, 2.05) is 0 Å². The van der Waals surface area contributed by atoms with Gasteiger partial charge in [-0.25, -0.2) is 0 Å². The maximum atomic E-state index is 5.33. The molecule has 17 heavy (non-hydrogen) atoms. The minimum atomic E-state index is 0.387. The van der Waals surface area contributed by atoms with Gasteiger partial charge in [0.05, 0.1) is 6.61 Å². The smallest absolute Gasteiger partial charge is 0.146 e. The molecule has 0 aromatic heterocycles. The fourth-order valence-electron chi connectivity index (χ4n) is 1.65. The Morgan fingerprint density at radius 3 is 2.06 bits per heavy atom. The standard InChI is InChI=1S/C15H28O2/c1-3-5-7-8-9-10-11-12-14-17-15-16-13-6-4-2/h2H,3,5-15H2,1H3. The van der Waals surface area contributed by atoms with Gasteiger partial charge in [-0.2, -0.15) is 0 Å². The molecule has 0 heterocycles. The Balaban J connectivity index is 2.87. The van der Waals surface area contributed by atoms with Crippen LogP contribution in [0.2, 0.25) is 0 Å². The fraction of sp³-hybridized carbons (Fsp3) is 0.867. The van der Waals surface area contributed by atoms with Gasteiger partial charge in [0.1, 0.15) is 6.79 Å². The second-order valence-corrected chi connectivity index (χ2v) is 4.36. The molecule has 0 spiro atoms. The summed E-state index contributed by atoms with van der Waals surface area (Å²) in [6, 6.07) is 0. The van der Waals surface area contributed by atoms with Crippen LogP contribution in [0, 0.1) is 12.3 Å². The van der Waals surface area contributed by atoms with Crippen LogP contribution in [0.5, 0.6) is 0 Å². The highest BCUT2D eigenvalue weighted by molar-refractivity contribution is 4.82. The van der Waals surface area contributed by atoms with Crippen molar-refractivity contribution >= 4 is 0 Å². The highest BCUT2D eigenvalue weighted by atomic mass is 16.7. The summed E-state index contributed by atoms with van der Waals surface area (Å²) in [6.45, 7) is 4.06. The molecule has 0 unspecified atom stereocenters. The van der Waals surface area contributed by atoms with Gasteiger partial charge >= 0.3 is 0 Å². The molecule has 0 aliphatic carbocycles. The van der Waals surface area contributed by atoms with Gasteiger partial charge in [0.25, 0.3) is 0 Å². The predicted molar refractivity (Wildman–Crippen MR) is 72.8 cm³/mol. The zero-order valence-corrected chi connectivity index (χ0v) is 11.4. The lowest BCUT2D eigenvalue weighted by Gasteiger charge is -2.04. The van der Waals surface area contributed by atoms with Gasteiger partial charge < -0.3 is 9.47 Å². The maximum Gasteiger partial charge on any atom is 0.146 e. The summed E-state index contributed by atoms with van der Waals surface area (Å²) in [5.41, 5.74) is 0. The van der Waals surface area contributed by atoms with Gasteiger partial charge in [0.2, 0.25) is 0 Å². The van der Waals surface area contributed by atoms with Gasteiger partial charge in [0.15, 0.2) is 0 Å². The average Bonchev–Trinajstić information content (AvgIpc) is 2.35. The van der Waals surface area contributed by atoms with E-state index >= 15 is 0 Å². The molecule has 2 nitrogen and oxygen atoms in total. The molecule has 0 amide bonds. The van der Waals surface area contributed by atoms with E-state index in [0.717, 1.165) is 13.0 Å². The fourth-order valence-corrected chi connectivity index (χ4v) is 1.65. The molecular weight excluding hydrogens is 212 g/mol. The van der Waals surface area contributed by atoms with E-state index in [2.05, 4.69) is 12.8 Å². The topological polar surface area (TPSA) is 18.5 Å². The summed E-state index contributed by atoms with van der Waals surface area (Å²) in [6.07, 6.45) is 16.4. The van der Waals surface area contributed by atoms with Crippen LogP contribution in [0.4, 0.5) is 0 Å². The summed E-state index contributed by atoms with van der Waals surface area (Å²) in [5, 5.41) is 0. The minimum Gasteiger partial charge on any atom is -0.355 e. The first kappa shape index (κ1) is 16.5. The van der Waals surface area contributed by atoms with Crippen LogP contribution >= 0.6 is 0 Å². The molecule has 0 aromatic carbocycles. The monoisotopic (exact) mass is 240 g/mol. The first-order chi connectivity index (χ1) is 8.41. The van der Waals surface area contributed by atoms with Crippen LogP contribution in [0.25, 0.3) is 0 Å². The maximum absolute atomic E-state index is 5.33. The normalized spacial score (nSPS) is 10.4. The van der Waals surface area contributed by atoms with Gasteiger partial charge in [-0.15, -0.1) is 12.3 Å². The van der Waals surface area contributed by atoms with E-state index in [9.17, 15) is 0 Å². The Hall–Kier alpha value is -0.520. The Kier molecular flexibility index (Phi) is 15.0. The lowest BCUT2D eigenvalue weighted by atomic mass is 10.1. The molecule has 0 aromatic rings. The van der Waals surface area contributed by atoms with E-state index in [-0.39, 0.29) is 0 Å². The van der Waals surface area contributed by atoms with E-state index in [1.165, 1.54) is 44.9 Å². The highest BCUT2D eigenvalue weighted by Gasteiger charge is 1.92. The SMILES string of the molecule is C#CCCOCOCCCCCCCCCC. The summed E-state index contributed by atoms with van der Waals surface area (Å²) in [5.74, 6) is 2.53. The summed E-state index contributed by atoms with van der Waals surface area (Å²) in [7, 11) is 0. The first-order valence-electron chi connectivity index (χ1n) is 7.00. The Labute approximate surface area is 107 Å². The predicted octanol–water partition coefficient (Wildman–Crippen LogP) is 4.14. The van der Waals surface area contributed by atoms with Crippen LogP contribution in [-0.2, 0) is 9.47 Å². The second-order valence-electron chi connectivity index (χ2n) is 4.36. The third-order valence-electron chi connectivity index (χ3n) is 2.70. The van der Waals surface area contributed by atoms with Crippen molar-refractivity contribution in [3.8, 4) is 12.3 Å². The van der Waals surface area contributed by atoms with Gasteiger partial charge in [-0.05, 0) is 6.42 Å². The quantitative estimate of drug-likeness (QED) is 0.274. The number of terminal acetylenes is 1. The molecule has 0 saturated heterocycles. The van der Waals surface area contributed by atoms with Crippen molar-refractivity contribution in [1.29, 1.82) is 0 Å². The van der Waals surface area contributed by atoms with Crippen LogP contribution in [0.3, 0.4) is 0 Å². The van der Waals surface area contributed by atoms with Crippen molar-refractivity contribution in [2.24, 2.45) is 0 Å². The van der Waals surface area contributed by atoms with Crippen LogP contribution < -0.4 is 0 Å².